The fourth-order valence-electron chi connectivity index (χ4n) is 10.5. The lowest BCUT2D eigenvalue weighted by atomic mass is 9.91. The molecule has 6 heteroatoms. The van der Waals surface area contributed by atoms with E-state index >= 15 is 0 Å². The SMILES string of the molecule is C1=CC2c3cc(N(c4ccc(Oc5ccccc5)cc4)c4ccc(N(c5ccc(Oc6ccccc6)cc5)c5ccc6c(c5)c5ccccc5n6-c5ccccc5)cc4)ccc3N(c3ccccc3)C2C=C1. The monoisotopic (exact) mass is 928 g/mol. The Hall–Kier alpha value is -9.52. The zero-order valence-electron chi connectivity index (χ0n) is 39.3. The minimum atomic E-state index is 0.184. The number of anilines is 8. The molecule has 0 N–H and O–H groups in total. The van der Waals surface area contributed by atoms with Crippen LogP contribution in [0.4, 0.5) is 45.5 Å². The third-order valence-corrected chi connectivity index (χ3v) is 13.8. The van der Waals surface area contributed by atoms with Gasteiger partial charge < -0.3 is 28.7 Å². The van der Waals surface area contributed by atoms with Gasteiger partial charge in [0.05, 0.1) is 17.1 Å². The summed E-state index contributed by atoms with van der Waals surface area (Å²) in [5, 5.41) is 2.37. The van der Waals surface area contributed by atoms with Crippen LogP contribution in [-0.4, -0.2) is 10.6 Å². The molecule has 2 unspecified atom stereocenters. The lowest BCUT2D eigenvalue weighted by Crippen LogP contribution is -2.28. The second-order valence-corrected chi connectivity index (χ2v) is 18.1. The lowest BCUT2D eigenvalue weighted by Gasteiger charge is -2.29. The molecule has 0 saturated carbocycles. The number of fused-ring (bicyclic) bond motifs is 6. The number of allylic oxidation sites excluding steroid dienone is 2. The van der Waals surface area contributed by atoms with Gasteiger partial charge in [0.15, 0.2) is 0 Å². The molecule has 1 aliphatic carbocycles. The molecular weight excluding hydrogens is 881 g/mol. The number of para-hydroxylation sites is 5. The van der Waals surface area contributed by atoms with Crippen molar-refractivity contribution in [3.05, 3.63) is 285 Å². The van der Waals surface area contributed by atoms with Crippen LogP contribution in [0.5, 0.6) is 23.0 Å². The molecule has 2 aliphatic rings. The van der Waals surface area contributed by atoms with E-state index in [4.69, 9.17) is 9.47 Å². The van der Waals surface area contributed by atoms with Crippen molar-refractivity contribution >= 4 is 67.3 Å². The Labute approximate surface area is 419 Å². The Kier molecular flexibility index (Phi) is 10.9. The van der Waals surface area contributed by atoms with Gasteiger partial charge in [0, 0.05) is 67.9 Å². The normalized spacial score (nSPS) is 14.5. The summed E-state index contributed by atoms with van der Waals surface area (Å²) in [5.41, 5.74) is 13.3. The van der Waals surface area contributed by atoms with E-state index in [9.17, 15) is 0 Å². The molecule has 72 heavy (non-hydrogen) atoms. The van der Waals surface area contributed by atoms with E-state index in [1.807, 2.05) is 72.8 Å². The van der Waals surface area contributed by atoms with Gasteiger partial charge in [-0.05, 0) is 169 Å². The van der Waals surface area contributed by atoms with E-state index < -0.39 is 0 Å². The first-order valence-corrected chi connectivity index (χ1v) is 24.5. The Morgan fingerprint density at radius 3 is 1.35 bits per heavy atom. The van der Waals surface area contributed by atoms with Gasteiger partial charge >= 0.3 is 0 Å². The van der Waals surface area contributed by atoms with Crippen LogP contribution >= 0.6 is 0 Å². The molecule has 2 atom stereocenters. The Morgan fingerprint density at radius 2 is 0.764 bits per heavy atom. The summed E-state index contributed by atoms with van der Waals surface area (Å²) in [6.45, 7) is 0. The Morgan fingerprint density at radius 1 is 0.333 bits per heavy atom. The average Bonchev–Trinajstić information content (AvgIpc) is 3.96. The minimum absolute atomic E-state index is 0.184. The van der Waals surface area contributed by atoms with Crippen LogP contribution in [0.3, 0.4) is 0 Å². The van der Waals surface area contributed by atoms with Gasteiger partial charge in [-0.25, -0.2) is 0 Å². The summed E-state index contributed by atoms with van der Waals surface area (Å²) in [4.78, 5) is 7.16. The highest BCUT2D eigenvalue weighted by molar-refractivity contribution is 6.10. The average molecular weight is 929 g/mol. The molecule has 6 nitrogen and oxygen atoms in total. The van der Waals surface area contributed by atoms with Crippen molar-refractivity contribution in [2.75, 3.05) is 14.7 Å². The van der Waals surface area contributed by atoms with Crippen molar-refractivity contribution in [2.45, 2.75) is 12.0 Å². The maximum Gasteiger partial charge on any atom is 0.127 e. The highest BCUT2D eigenvalue weighted by Gasteiger charge is 2.38. The van der Waals surface area contributed by atoms with Crippen LogP contribution in [-0.2, 0) is 0 Å². The van der Waals surface area contributed by atoms with E-state index in [1.165, 1.54) is 33.2 Å². The summed E-state index contributed by atoms with van der Waals surface area (Å²) in [6, 6.07) is 89.5. The minimum Gasteiger partial charge on any atom is -0.457 e. The smallest absolute Gasteiger partial charge is 0.127 e. The van der Waals surface area contributed by atoms with E-state index in [0.717, 1.165) is 68.3 Å². The van der Waals surface area contributed by atoms with Crippen molar-refractivity contribution in [1.82, 2.24) is 4.57 Å². The number of hydrogen-bond acceptors (Lipinski definition) is 5. The first-order valence-electron chi connectivity index (χ1n) is 24.5. The molecular formula is C66H48N4O2. The van der Waals surface area contributed by atoms with Crippen LogP contribution < -0.4 is 24.2 Å². The topological polar surface area (TPSA) is 33.1 Å². The van der Waals surface area contributed by atoms with Crippen LogP contribution in [0.1, 0.15) is 11.5 Å². The number of nitrogens with zero attached hydrogens (tertiary/aromatic N) is 4. The van der Waals surface area contributed by atoms with Gasteiger partial charge in [0.25, 0.3) is 0 Å². The van der Waals surface area contributed by atoms with Crippen molar-refractivity contribution in [1.29, 1.82) is 0 Å². The maximum absolute atomic E-state index is 6.28. The van der Waals surface area contributed by atoms with E-state index in [0.29, 0.717) is 0 Å². The molecule has 11 aromatic rings. The first kappa shape index (κ1) is 42.6. The molecule has 1 aromatic heterocycles. The van der Waals surface area contributed by atoms with Crippen LogP contribution in [0.15, 0.2) is 279 Å². The highest BCUT2D eigenvalue weighted by atomic mass is 16.5. The largest absolute Gasteiger partial charge is 0.457 e. The third-order valence-electron chi connectivity index (χ3n) is 13.8. The summed E-state index contributed by atoms with van der Waals surface area (Å²) >= 11 is 0. The fourth-order valence-corrected chi connectivity index (χ4v) is 10.5. The predicted octanol–water partition coefficient (Wildman–Crippen LogP) is 18.0. The molecule has 0 radical (unpaired) electrons. The second-order valence-electron chi connectivity index (χ2n) is 18.1. The van der Waals surface area contributed by atoms with Gasteiger partial charge in [-0.2, -0.15) is 0 Å². The van der Waals surface area contributed by atoms with Crippen LogP contribution in [0.25, 0.3) is 27.5 Å². The van der Waals surface area contributed by atoms with Crippen LogP contribution in [0, 0.1) is 0 Å². The standard InChI is InChI=1S/C66H48N4O2/c1-5-17-47(18-6-1)69-63-27-15-13-25-59(63)61-45-53(37-43-65(61)69)67(51-33-39-57(40-34-51)71-55-21-9-3-10-22-55)49-29-31-50(32-30-49)68(52-35-41-58(42-36-52)72-56-23-11-4-12-24-56)54-38-44-66-62(46-54)60-26-14-16-28-64(60)70(66)48-19-7-2-8-20-48/h1-46,59,63H. The van der Waals surface area contributed by atoms with E-state index in [1.54, 1.807) is 0 Å². The predicted molar refractivity (Wildman–Crippen MR) is 297 cm³/mol. The van der Waals surface area contributed by atoms with Gasteiger partial charge in [-0.1, -0.05) is 115 Å². The molecule has 0 spiro atoms. The summed E-state index contributed by atoms with van der Waals surface area (Å²) < 4.78 is 14.9. The van der Waals surface area contributed by atoms with E-state index in [-0.39, 0.29) is 12.0 Å². The molecule has 0 saturated heterocycles. The van der Waals surface area contributed by atoms with E-state index in [2.05, 4.69) is 226 Å². The number of rotatable bonds is 12. The molecule has 2 heterocycles. The zero-order chi connectivity index (χ0) is 47.8. The number of hydrogen-bond donors (Lipinski definition) is 0. The van der Waals surface area contributed by atoms with Crippen molar-refractivity contribution in [3.8, 4) is 28.7 Å². The van der Waals surface area contributed by atoms with Gasteiger partial charge in [-0.3, -0.25) is 0 Å². The molecule has 1 aliphatic heterocycles. The molecule has 0 fully saturated rings. The second kappa shape index (κ2) is 18.4. The third kappa shape index (κ3) is 7.91. The molecule has 0 amide bonds. The van der Waals surface area contributed by atoms with Gasteiger partial charge in [-0.15, -0.1) is 0 Å². The zero-order valence-corrected chi connectivity index (χ0v) is 39.3. The summed E-state index contributed by atoms with van der Waals surface area (Å²) in [6.07, 6.45) is 9.03. The maximum atomic E-state index is 6.28. The van der Waals surface area contributed by atoms with Crippen LogP contribution in [0.2, 0.25) is 0 Å². The first-order chi connectivity index (χ1) is 35.7. The molecule has 13 rings (SSSR count). The molecule has 0 bridgehead atoms. The summed E-state index contributed by atoms with van der Waals surface area (Å²) in [7, 11) is 0. The van der Waals surface area contributed by atoms with Crippen molar-refractivity contribution < 1.29 is 9.47 Å². The van der Waals surface area contributed by atoms with Crippen molar-refractivity contribution in [3.63, 3.8) is 0 Å². The quantitative estimate of drug-likeness (QED) is 0.122. The number of benzene rings is 10. The fraction of sp³-hybridized carbons (Fsp3) is 0.0303. The molecule has 10 aromatic carbocycles. The van der Waals surface area contributed by atoms with Gasteiger partial charge in [0.2, 0.25) is 0 Å². The Bertz CT molecular complexity index is 3740. The van der Waals surface area contributed by atoms with Crippen molar-refractivity contribution in [2.24, 2.45) is 0 Å². The summed E-state index contributed by atoms with van der Waals surface area (Å²) in [5.74, 6) is 3.34. The van der Waals surface area contributed by atoms with Gasteiger partial charge in [0.1, 0.15) is 23.0 Å². The number of ether oxygens (including phenoxy) is 2. The molecule has 344 valence electrons. The Balaban J connectivity index is 0.923. The lowest BCUT2D eigenvalue weighted by molar-refractivity contribution is 0.482. The highest BCUT2D eigenvalue weighted by Crippen LogP contribution is 2.50. The number of aromatic nitrogens is 1.